The van der Waals surface area contributed by atoms with Crippen LogP contribution in [-0.4, -0.2) is 32.7 Å². The Morgan fingerprint density at radius 3 is 2.72 bits per heavy atom. The summed E-state index contributed by atoms with van der Waals surface area (Å²) in [5.41, 5.74) is 1.01. The van der Waals surface area contributed by atoms with Crippen molar-refractivity contribution in [1.82, 2.24) is 14.7 Å². The van der Waals surface area contributed by atoms with E-state index in [0.717, 1.165) is 33.8 Å². The zero-order valence-corrected chi connectivity index (χ0v) is 12.0. The topological polar surface area (TPSA) is 38.1 Å². The van der Waals surface area contributed by atoms with Gasteiger partial charge < -0.3 is 4.90 Å². The highest BCUT2D eigenvalue weighted by molar-refractivity contribution is 7.20. The lowest BCUT2D eigenvalue weighted by Crippen LogP contribution is -2.58. The molecule has 0 bridgehead atoms. The quantitative estimate of drug-likeness (QED) is 0.793. The van der Waals surface area contributed by atoms with Gasteiger partial charge in [0.25, 0.3) is 5.91 Å². The summed E-state index contributed by atoms with van der Waals surface area (Å²) in [6, 6.07) is 1.99. The fourth-order valence-corrected chi connectivity index (χ4v) is 3.56. The van der Waals surface area contributed by atoms with Gasteiger partial charge in [-0.25, -0.2) is 0 Å². The number of likely N-dealkylation sites (tertiary alicyclic amines) is 1. The van der Waals surface area contributed by atoms with Crippen molar-refractivity contribution in [3.8, 4) is 0 Å². The first-order valence-corrected chi connectivity index (χ1v) is 6.97. The third kappa shape index (κ3) is 1.50. The molecule has 4 nitrogen and oxygen atoms in total. The molecule has 0 spiro atoms. The molecule has 1 aliphatic heterocycles. The number of nitrogens with zero attached hydrogens (tertiary/aromatic N) is 3. The summed E-state index contributed by atoms with van der Waals surface area (Å²) in [4.78, 5) is 16.3. The number of aryl methyl sites for hydroxylation is 2. The van der Waals surface area contributed by atoms with E-state index in [1.165, 1.54) is 0 Å². The molecule has 1 amide bonds. The minimum absolute atomic E-state index is 0.0144. The molecule has 0 N–H and O–H groups in total. The van der Waals surface area contributed by atoms with E-state index < -0.39 is 0 Å². The second-order valence-corrected chi connectivity index (χ2v) is 6.59. The Balaban J connectivity index is 2.00. The van der Waals surface area contributed by atoms with Crippen LogP contribution in [-0.2, 0) is 7.05 Å². The summed E-state index contributed by atoms with van der Waals surface area (Å²) < 4.78 is 1.85. The Morgan fingerprint density at radius 2 is 2.22 bits per heavy atom. The number of hydrogen-bond acceptors (Lipinski definition) is 3. The molecule has 3 heterocycles. The van der Waals surface area contributed by atoms with E-state index in [-0.39, 0.29) is 11.4 Å². The van der Waals surface area contributed by atoms with Gasteiger partial charge in [-0.1, -0.05) is 0 Å². The van der Waals surface area contributed by atoms with Crippen LogP contribution in [0.4, 0.5) is 0 Å². The number of rotatable bonds is 1. The van der Waals surface area contributed by atoms with Crippen LogP contribution in [0.1, 0.15) is 35.6 Å². The van der Waals surface area contributed by atoms with Gasteiger partial charge in [0.15, 0.2) is 0 Å². The third-order valence-electron chi connectivity index (χ3n) is 3.83. The summed E-state index contributed by atoms with van der Waals surface area (Å²) in [6.45, 7) is 7.09. The first-order chi connectivity index (χ1) is 8.40. The summed E-state index contributed by atoms with van der Waals surface area (Å²) >= 11 is 1.54. The van der Waals surface area contributed by atoms with Crippen LogP contribution in [0.5, 0.6) is 0 Å². The van der Waals surface area contributed by atoms with Crippen LogP contribution in [0, 0.1) is 6.92 Å². The van der Waals surface area contributed by atoms with E-state index in [4.69, 9.17) is 0 Å². The van der Waals surface area contributed by atoms with E-state index in [0.29, 0.717) is 0 Å². The van der Waals surface area contributed by atoms with Crippen molar-refractivity contribution in [3.63, 3.8) is 0 Å². The van der Waals surface area contributed by atoms with E-state index in [1.54, 1.807) is 11.3 Å². The monoisotopic (exact) mass is 263 g/mol. The highest BCUT2D eigenvalue weighted by Gasteiger charge is 2.40. The average molecular weight is 263 g/mol. The number of fused-ring (bicyclic) bond motifs is 1. The standard InChI is InChI=1S/C13H17N3OS/c1-8-9-7-10(18-12(9)15(4)14-8)11(17)16-6-5-13(16,2)3/h7H,5-6H2,1-4H3. The summed E-state index contributed by atoms with van der Waals surface area (Å²) in [5.74, 6) is 0.159. The Kier molecular flexibility index (Phi) is 2.32. The largest absolute Gasteiger partial charge is 0.333 e. The molecule has 2 aromatic rings. The number of amides is 1. The van der Waals surface area contributed by atoms with Gasteiger partial charge in [0.1, 0.15) is 4.83 Å². The molecule has 5 heteroatoms. The van der Waals surface area contributed by atoms with Crippen molar-refractivity contribution < 1.29 is 4.79 Å². The summed E-state index contributed by atoms with van der Waals surface area (Å²) in [6.07, 6.45) is 1.09. The molecule has 1 aliphatic rings. The molecular weight excluding hydrogens is 246 g/mol. The van der Waals surface area contributed by atoms with Gasteiger partial charge in [-0.2, -0.15) is 5.10 Å². The minimum Gasteiger partial charge on any atom is -0.333 e. The van der Waals surface area contributed by atoms with Crippen molar-refractivity contribution in [3.05, 3.63) is 16.6 Å². The Labute approximate surface area is 110 Å². The van der Waals surface area contributed by atoms with Crippen LogP contribution in [0.3, 0.4) is 0 Å². The van der Waals surface area contributed by atoms with Crippen molar-refractivity contribution in [2.24, 2.45) is 7.05 Å². The van der Waals surface area contributed by atoms with Gasteiger partial charge in [0.05, 0.1) is 10.6 Å². The van der Waals surface area contributed by atoms with Gasteiger partial charge in [0, 0.05) is 24.5 Å². The normalized spacial score (nSPS) is 18.1. The molecule has 0 radical (unpaired) electrons. The summed E-state index contributed by atoms with van der Waals surface area (Å²) in [5, 5.41) is 5.46. The fraction of sp³-hybridized carbons (Fsp3) is 0.538. The molecule has 1 saturated heterocycles. The second-order valence-electron chi connectivity index (χ2n) is 5.56. The van der Waals surface area contributed by atoms with Gasteiger partial charge in [-0.3, -0.25) is 9.48 Å². The Hall–Kier alpha value is -1.36. The molecule has 0 aromatic carbocycles. The zero-order valence-electron chi connectivity index (χ0n) is 11.1. The molecule has 3 rings (SSSR count). The lowest BCUT2D eigenvalue weighted by molar-refractivity contribution is 0.0162. The second kappa shape index (κ2) is 3.57. The first-order valence-electron chi connectivity index (χ1n) is 6.15. The molecule has 0 unspecified atom stereocenters. The molecule has 18 heavy (non-hydrogen) atoms. The van der Waals surface area contributed by atoms with Crippen LogP contribution in [0.15, 0.2) is 6.07 Å². The SMILES string of the molecule is Cc1nn(C)c2sc(C(=O)N3CCC3(C)C)cc12. The number of thiophene rings is 1. The van der Waals surface area contributed by atoms with Gasteiger partial charge in [0.2, 0.25) is 0 Å². The predicted octanol–water partition coefficient (Wildman–Crippen LogP) is 2.57. The van der Waals surface area contributed by atoms with Gasteiger partial charge in [-0.05, 0) is 33.3 Å². The number of hydrogen-bond donors (Lipinski definition) is 0. The van der Waals surface area contributed by atoms with E-state index >= 15 is 0 Å². The number of aromatic nitrogens is 2. The number of carbonyl (C=O) groups is 1. The molecular formula is C13H17N3OS. The maximum Gasteiger partial charge on any atom is 0.264 e. The van der Waals surface area contributed by atoms with Crippen LogP contribution >= 0.6 is 11.3 Å². The molecule has 0 atom stereocenters. The fourth-order valence-electron chi connectivity index (χ4n) is 2.49. The van der Waals surface area contributed by atoms with Crippen molar-refractivity contribution in [1.29, 1.82) is 0 Å². The summed E-state index contributed by atoms with van der Waals surface area (Å²) in [7, 11) is 1.92. The minimum atomic E-state index is 0.0144. The molecule has 0 saturated carbocycles. The zero-order chi connectivity index (χ0) is 13.1. The highest BCUT2D eigenvalue weighted by atomic mass is 32.1. The lowest BCUT2D eigenvalue weighted by atomic mass is 9.89. The van der Waals surface area contributed by atoms with Crippen LogP contribution in [0.25, 0.3) is 10.2 Å². The average Bonchev–Trinajstić information content (AvgIpc) is 2.81. The molecule has 2 aromatic heterocycles. The van der Waals surface area contributed by atoms with Crippen LogP contribution in [0.2, 0.25) is 0 Å². The van der Waals surface area contributed by atoms with Crippen molar-refractivity contribution >= 4 is 27.5 Å². The smallest absolute Gasteiger partial charge is 0.264 e. The van der Waals surface area contributed by atoms with Gasteiger partial charge in [-0.15, -0.1) is 11.3 Å². The first kappa shape index (κ1) is 11.7. The van der Waals surface area contributed by atoms with Crippen LogP contribution < -0.4 is 0 Å². The Morgan fingerprint density at radius 1 is 1.50 bits per heavy atom. The van der Waals surface area contributed by atoms with E-state index in [9.17, 15) is 4.79 Å². The molecule has 0 aliphatic carbocycles. The highest BCUT2D eigenvalue weighted by Crippen LogP contribution is 2.34. The maximum absolute atomic E-state index is 12.4. The van der Waals surface area contributed by atoms with Crippen molar-refractivity contribution in [2.45, 2.75) is 32.7 Å². The predicted molar refractivity (Wildman–Crippen MR) is 73.1 cm³/mol. The van der Waals surface area contributed by atoms with E-state index in [2.05, 4.69) is 18.9 Å². The van der Waals surface area contributed by atoms with Gasteiger partial charge >= 0.3 is 0 Å². The maximum atomic E-state index is 12.4. The lowest BCUT2D eigenvalue weighted by Gasteiger charge is -2.48. The Bertz CT molecular complexity index is 603. The number of carbonyl (C=O) groups excluding carboxylic acids is 1. The van der Waals surface area contributed by atoms with E-state index in [1.807, 2.05) is 29.6 Å². The molecule has 96 valence electrons. The molecule has 1 fully saturated rings. The third-order valence-corrected chi connectivity index (χ3v) is 5.02. The van der Waals surface area contributed by atoms with Crippen molar-refractivity contribution in [2.75, 3.05) is 6.54 Å².